The van der Waals surface area contributed by atoms with E-state index >= 15 is 0 Å². The van der Waals surface area contributed by atoms with Crippen LogP contribution in [0.5, 0.6) is 0 Å². The van der Waals surface area contributed by atoms with Gasteiger partial charge in [-0.3, -0.25) is 4.40 Å². The maximum absolute atomic E-state index is 13.1. The number of fused-ring (bicyclic) bond motifs is 2. The second-order valence-corrected chi connectivity index (χ2v) is 10.9. The van der Waals surface area contributed by atoms with Crippen LogP contribution in [0, 0.1) is 12.8 Å². The van der Waals surface area contributed by atoms with Crippen molar-refractivity contribution in [1.29, 1.82) is 0 Å². The molecule has 0 radical (unpaired) electrons. The van der Waals surface area contributed by atoms with E-state index < -0.39 is 9.84 Å². The molecule has 0 aromatic carbocycles. The van der Waals surface area contributed by atoms with E-state index in [9.17, 15) is 8.42 Å². The second-order valence-electron chi connectivity index (χ2n) is 8.33. The van der Waals surface area contributed by atoms with Gasteiger partial charge in [-0.25, -0.2) is 23.4 Å². The fourth-order valence-electron chi connectivity index (χ4n) is 3.70. The number of hydrogen-bond donors (Lipinski definition) is 1. The number of anilines is 1. The molecule has 33 heavy (non-hydrogen) atoms. The molecule has 4 aromatic rings. The number of aryl methyl sites for hydroxylation is 2. The largest absolute Gasteiger partial charge is 0.471 e. The molecule has 0 bridgehead atoms. The van der Waals surface area contributed by atoms with Crippen molar-refractivity contribution in [1.82, 2.24) is 23.9 Å². The molecule has 0 aliphatic heterocycles. The molecule has 1 saturated carbocycles. The highest BCUT2D eigenvalue weighted by atomic mass is 32.2. The molecule has 0 spiro atoms. The summed E-state index contributed by atoms with van der Waals surface area (Å²) in [5, 5.41) is 3.45. The van der Waals surface area contributed by atoms with Gasteiger partial charge in [-0.1, -0.05) is 6.92 Å². The Labute approximate surface area is 196 Å². The minimum atomic E-state index is -3.61. The zero-order valence-corrected chi connectivity index (χ0v) is 20.2. The minimum absolute atomic E-state index is 0.0613. The summed E-state index contributed by atoms with van der Waals surface area (Å²) in [5.74, 6) is 0.973. The molecule has 1 aliphatic rings. The molecule has 0 amide bonds. The lowest BCUT2D eigenvalue weighted by Crippen LogP contribution is -2.15. The summed E-state index contributed by atoms with van der Waals surface area (Å²) in [6, 6.07) is 5.41. The number of sulfone groups is 1. The van der Waals surface area contributed by atoms with Crippen molar-refractivity contribution >= 4 is 49.7 Å². The first kappa shape index (κ1) is 21.8. The lowest BCUT2D eigenvalue weighted by molar-refractivity contribution is 0.294. The van der Waals surface area contributed by atoms with Gasteiger partial charge in [0.25, 0.3) is 5.17 Å². The summed E-state index contributed by atoms with van der Waals surface area (Å²) in [6.07, 6.45) is 5.79. The fourth-order valence-corrected chi connectivity index (χ4v) is 5.04. The highest BCUT2D eigenvalue weighted by molar-refractivity contribution is 7.91. The first-order chi connectivity index (χ1) is 15.8. The Bertz CT molecular complexity index is 1500. The monoisotopic (exact) mass is 484 g/mol. The summed E-state index contributed by atoms with van der Waals surface area (Å²) in [5.41, 5.74) is 3.74. The Morgan fingerprint density at radius 3 is 2.82 bits per heavy atom. The van der Waals surface area contributed by atoms with Crippen molar-refractivity contribution in [2.45, 2.75) is 31.7 Å². The van der Waals surface area contributed by atoms with Crippen molar-refractivity contribution in [2.24, 2.45) is 13.0 Å². The Balaban J connectivity index is 1.61. The highest BCUT2D eigenvalue weighted by Gasteiger charge is 2.28. The number of rotatable bonds is 6. The van der Waals surface area contributed by atoms with E-state index in [1.54, 1.807) is 40.4 Å². The molecule has 0 atom stereocenters. The van der Waals surface area contributed by atoms with Crippen LogP contribution in [0.1, 0.15) is 25.3 Å². The van der Waals surface area contributed by atoms with Crippen molar-refractivity contribution in [3.8, 4) is 11.5 Å². The lowest BCUT2D eigenvalue weighted by Gasteiger charge is -2.10. The number of nitrogens with zero attached hydrogens (tertiary/aromatic N) is 5. The predicted molar refractivity (Wildman–Crippen MR) is 130 cm³/mol. The molecule has 1 aliphatic carbocycles. The van der Waals surface area contributed by atoms with Crippen LogP contribution < -0.4 is 5.32 Å². The Hall–Kier alpha value is -3.05. The zero-order valence-electron chi connectivity index (χ0n) is 18.6. The molecule has 4 aromatic heterocycles. The number of thiocarbonyl (C=S) groups is 1. The molecule has 1 N–H and O–H groups in total. The molecule has 4 heterocycles. The molecule has 0 unspecified atom stereocenters. The third kappa shape index (κ3) is 4.06. The molecule has 5 rings (SSSR count). The highest BCUT2D eigenvalue weighted by Crippen LogP contribution is 2.31. The van der Waals surface area contributed by atoms with Crippen molar-refractivity contribution in [3.63, 3.8) is 0 Å². The third-order valence-corrected chi connectivity index (χ3v) is 7.67. The van der Waals surface area contributed by atoms with E-state index in [-0.39, 0.29) is 16.0 Å². The van der Waals surface area contributed by atoms with Gasteiger partial charge in [-0.2, -0.15) is 0 Å². The molecule has 0 saturated heterocycles. The Kier molecular flexibility index (Phi) is 5.32. The van der Waals surface area contributed by atoms with Crippen LogP contribution in [0.3, 0.4) is 0 Å². The van der Waals surface area contributed by atoms with Crippen LogP contribution in [0.2, 0.25) is 0 Å². The number of aromatic nitrogens is 5. The van der Waals surface area contributed by atoms with Gasteiger partial charge < -0.3 is 14.6 Å². The molecule has 9 nitrogen and oxygen atoms in total. The first-order valence-electron chi connectivity index (χ1n) is 10.7. The number of pyridine rings is 2. The van der Waals surface area contributed by atoms with E-state index in [4.69, 9.17) is 17.0 Å². The smallest absolute Gasteiger partial charge is 0.261 e. The van der Waals surface area contributed by atoms with Crippen LogP contribution in [-0.4, -0.2) is 49.9 Å². The number of nitrogens with one attached hydrogen (secondary N) is 1. The van der Waals surface area contributed by atoms with Crippen molar-refractivity contribution in [2.75, 3.05) is 17.7 Å². The van der Waals surface area contributed by atoms with E-state index in [2.05, 4.69) is 20.3 Å². The quantitative estimate of drug-likeness (QED) is 0.415. The molecular weight excluding hydrogens is 460 g/mol. The van der Waals surface area contributed by atoms with Crippen LogP contribution in [0.4, 0.5) is 5.69 Å². The van der Waals surface area contributed by atoms with Crippen molar-refractivity contribution in [3.05, 3.63) is 36.2 Å². The van der Waals surface area contributed by atoms with Crippen LogP contribution in [-0.2, 0) is 21.6 Å². The first-order valence-corrected chi connectivity index (χ1v) is 12.8. The van der Waals surface area contributed by atoms with Gasteiger partial charge in [0.1, 0.15) is 16.9 Å². The summed E-state index contributed by atoms with van der Waals surface area (Å²) in [7, 11) is -1.81. The SMILES string of the molecule is CCS(=O)(=O)c1c(-c2nc3cc(C)cnc3n2C)nc2cc(NC(=S)OCC3CC3)ccn12. The van der Waals surface area contributed by atoms with Gasteiger partial charge in [-0.05, 0) is 55.6 Å². The summed E-state index contributed by atoms with van der Waals surface area (Å²) in [6.45, 7) is 4.16. The van der Waals surface area contributed by atoms with Gasteiger partial charge in [-0.15, -0.1) is 0 Å². The topological polar surface area (TPSA) is 103 Å². The Morgan fingerprint density at radius 2 is 2.09 bits per heavy atom. The molecule has 172 valence electrons. The second kappa shape index (κ2) is 8.07. The van der Waals surface area contributed by atoms with Gasteiger partial charge in [0.2, 0.25) is 0 Å². The maximum Gasteiger partial charge on any atom is 0.261 e. The van der Waals surface area contributed by atoms with E-state index in [0.29, 0.717) is 46.5 Å². The van der Waals surface area contributed by atoms with Crippen LogP contribution in [0.25, 0.3) is 28.3 Å². The Morgan fingerprint density at radius 1 is 1.30 bits per heavy atom. The van der Waals surface area contributed by atoms with Crippen molar-refractivity contribution < 1.29 is 13.2 Å². The van der Waals surface area contributed by atoms with Gasteiger partial charge in [0.15, 0.2) is 26.3 Å². The summed E-state index contributed by atoms with van der Waals surface area (Å²) >= 11 is 5.28. The van der Waals surface area contributed by atoms with Gasteiger partial charge >= 0.3 is 0 Å². The average Bonchev–Trinajstić information content (AvgIpc) is 3.45. The van der Waals surface area contributed by atoms with E-state index in [0.717, 1.165) is 5.56 Å². The molecule has 11 heteroatoms. The van der Waals surface area contributed by atoms with E-state index in [1.807, 2.05) is 20.0 Å². The average molecular weight is 485 g/mol. The van der Waals surface area contributed by atoms with Crippen LogP contribution in [0.15, 0.2) is 35.6 Å². The standard InChI is InChI=1S/C22H24N6O3S2/c1-4-33(29,30)21-18(20-25-16-9-13(2)11-23-19(16)27(20)3)26-17-10-15(7-8-28(17)21)24-22(32)31-12-14-5-6-14/h7-11,14H,4-6,12H2,1-3H3,(H,24,32). The third-order valence-electron chi connectivity index (χ3n) is 5.71. The van der Waals surface area contributed by atoms with Gasteiger partial charge in [0.05, 0.1) is 12.4 Å². The minimum Gasteiger partial charge on any atom is -0.471 e. The van der Waals surface area contributed by atoms with Gasteiger partial charge in [0, 0.05) is 31.2 Å². The maximum atomic E-state index is 13.1. The number of imidazole rings is 2. The molecular formula is C22H24N6O3S2. The summed E-state index contributed by atoms with van der Waals surface area (Å²) in [4.78, 5) is 13.8. The fraction of sp³-hybridized carbons (Fsp3) is 0.364. The lowest BCUT2D eigenvalue weighted by atomic mass is 10.3. The zero-order chi connectivity index (χ0) is 23.3. The number of ether oxygens (including phenoxy) is 1. The van der Waals surface area contributed by atoms with E-state index in [1.165, 1.54) is 12.8 Å². The number of hydrogen-bond acceptors (Lipinski definition) is 7. The van der Waals surface area contributed by atoms with Crippen LogP contribution >= 0.6 is 12.2 Å². The normalized spacial score (nSPS) is 14.2. The molecule has 1 fully saturated rings. The predicted octanol–water partition coefficient (Wildman–Crippen LogP) is 3.51. The summed E-state index contributed by atoms with van der Waals surface area (Å²) < 4.78 is 35.1.